The molecule has 1 nitrogen and oxygen atoms in total. The fraction of sp³-hybridized carbons (Fsp3) is 0.500. The molecule has 96 valence electrons. The maximum atomic E-state index is 12.2. The lowest BCUT2D eigenvalue weighted by molar-refractivity contribution is -0.274. The van der Waals surface area contributed by atoms with Crippen molar-refractivity contribution in [2.24, 2.45) is 0 Å². The van der Waals surface area contributed by atoms with Gasteiger partial charge in [-0.25, -0.2) is 0 Å². The summed E-state index contributed by atoms with van der Waals surface area (Å²) in [7, 11) is 0. The molecule has 1 aromatic rings. The molecular formula is C12H14ClF3O. The van der Waals surface area contributed by atoms with Gasteiger partial charge in [0.05, 0.1) is 0 Å². The number of aryl methyl sites for hydroxylation is 1. The molecule has 5 heteroatoms. The molecule has 0 aliphatic rings. The van der Waals surface area contributed by atoms with E-state index in [0.29, 0.717) is 24.3 Å². The van der Waals surface area contributed by atoms with E-state index in [9.17, 15) is 13.2 Å². The minimum atomic E-state index is -4.64. The maximum Gasteiger partial charge on any atom is 0.573 e. The molecule has 0 aromatic heterocycles. The topological polar surface area (TPSA) is 9.23 Å². The quantitative estimate of drug-likeness (QED) is 0.721. The monoisotopic (exact) mass is 266 g/mol. The molecule has 0 atom stereocenters. The Bertz CT molecular complexity index is 363. The van der Waals surface area contributed by atoms with Gasteiger partial charge in [0.15, 0.2) is 0 Å². The van der Waals surface area contributed by atoms with Gasteiger partial charge in [-0.3, -0.25) is 0 Å². The third kappa shape index (κ3) is 4.46. The Morgan fingerprint density at radius 1 is 1.29 bits per heavy atom. The van der Waals surface area contributed by atoms with Crippen LogP contribution in [0.4, 0.5) is 13.2 Å². The van der Waals surface area contributed by atoms with Crippen LogP contribution in [0.2, 0.25) is 0 Å². The summed E-state index contributed by atoms with van der Waals surface area (Å²) in [4.78, 5) is 0. The highest BCUT2D eigenvalue weighted by atomic mass is 35.5. The fourth-order valence-electron chi connectivity index (χ4n) is 1.72. The van der Waals surface area contributed by atoms with Crippen molar-refractivity contribution in [3.8, 4) is 5.75 Å². The number of rotatable bonds is 5. The number of benzene rings is 1. The van der Waals surface area contributed by atoms with Gasteiger partial charge in [0, 0.05) is 5.88 Å². The lowest BCUT2D eigenvalue weighted by Gasteiger charge is -2.15. The molecule has 0 bridgehead atoms. The Morgan fingerprint density at radius 3 is 2.53 bits per heavy atom. The smallest absolute Gasteiger partial charge is 0.405 e. The van der Waals surface area contributed by atoms with Crippen molar-refractivity contribution in [1.82, 2.24) is 0 Å². The Labute approximate surface area is 104 Å². The second kappa shape index (κ2) is 6.15. The molecule has 0 heterocycles. The highest BCUT2D eigenvalue weighted by Crippen LogP contribution is 2.29. The van der Waals surface area contributed by atoms with Gasteiger partial charge in [-0.2, -0.15) is 0 Å². The molecule has 0 spiro atoms. The molecule has 0 unspecified atom stereocenters. The summed E-state index contributed by atoms with van der Waals surface area (Å²) in [6, 6.07) is 4.73. The molecule has 0 aliphatic carbocycles. The van der Waals surface area contributed by atoms with Crippen LogP contribution in [-0.4, -0.2) is 12.2 Å². The number of hydrogen-bond donors (Lipinski definition) is 0. The summed E-state index contributed by atoms with van der Waals surface area (Å²) in [6.07, 6.45) is -2.73. The SMILES string of the molecule is CCc1c(CCCCl)cccc1OC(F)(F)F. The highest BCUT2D eigenvalue weighted by Gasteiger charge is 2.32. The normalized spacial score (nSPS) is 11.6. The third-order valence-corrected chi connectivity index (χ3v) is 2.66. The molecule has 0 saturated heterocycles. The summed E-state index contributed by atoms with van der Waals surface area (Å²) < 4.78 is 40.6. The van der Waals surface area contributed by atoms with Crippen LogP contribution in [0.5, 0.6) is 5.75 Å². The first-order chi connectivity index (χ1) is 7.98. The van der Waals surface area contributed by atoms with Crippen molar-refractivity contribution in [2.75, 3.05) is 5.88 Å². The van der Waals surface area contributed by atoms with E-state index in [-0.39, 0.29) is 5.75 Å². The Kier molecular flexibility index (Phi) is 5.12. The van der Waals surface area contributed by atoms with E-state index in [2.05, 4.69) is 4.74 Å². The third-order valence-electron chi connectivity index (χ3n) is 2.39. The number of alkyl halides is 4. The van der Waals surface area contributed by atoms with Crippen molar-refractivity contribution in [3.05, 3.63) is 29.3 Å². The van der Waals surface area contributed by atoms with Crippen LogP contribution < -0.4 is 4.74 Å². The van der Waals surface area contributed by atoms with Gasteiger partial charge >= 0.3 is 6.36 Å². The molecule has 0 saturated carbocycles. The van der Waals surface area contributed by atoms with Crippen LogP contribution in [0.15, 0.2) is 18.2 Å². The molecule has 0 N–H and O–H groups in total. The molecule has 0 radical (unpaired) electrons. The van der Waals surface area contributed by atoms with E-state index in [1.807, 2.05) is 13.0 Å². The van der Waals surface area contributed by atoms with Crippen molar-refractivity contribution >= 4 is 11.6 Å². The van der Waals surface area contributed by atoms with E-state index in [0.717, 1.165) is 12.0 Å². The van der Waals surface area contributed by atoms with Crippen LogP contribution in [0.25, 0.3) is 0 Å². The molecule has 17 heavy (non-hydrogen) atoms. The molecule has 1 rings (SSSR count). The predicted octanol–water partition coefficient (Wildman–Crippen LogP) is 4.32. The summed E-state index contributed by atoms with van der Waals surface area (Å²) in [5.74, 6) is 0.389. The minimum absolute atomic E-state index is 0.105. The molecule has 0 fully saturated rings. The number of ether oxygens (including phenoxy) is 1. The van der Waals surface area contributed by atoms with Crippen molar-refractivity contribution in [2.45, 2.75) is 32.5 Å². The summed E-state index contributed by atoms with van der Waals surface area (Å²) in [5, 5.41) is 0. The summed E-state index contributed by atoms with van der Waals surface area (Å²) >= 11 is 5.58. The van der Waals surface area contributed by atoms with Gasteiger partial charge in [0.2, 0.25) is 0 Å². The zero-order valence-corrected chi connectivity index (χ0v) is 10.2. The van der Waals surface area contributed by atoms with Crippen LogP contribution >= 0.6 is 11.6 Å². The number of halogens is 4. The summed E-state index contributed by atoms with van der Waals surface area (Å²) in [6.45, 7) is 1.81. The highest BCUT2D eigenvalue weighted by molar-refractivity contribution is 6.17. The van der Waals surface area contributed by atoms with E-state index in [1.54, 1.807) is 6.07 Å². The van der Waals surface area contributed by atoms with E-state index in [4.69, 9.17) is 11.6 Å². The first kappa shape index (κ1) is 14.2. The van der Waals surface area contributed by atoms with Crippen molar-refractivity contribution in [3.63, 3.8) is 0 Å². The lowest BCUT2D eigenvalue weighted by atomic mass is 10.0. The van der Waals surface area contributed by atoms with Crippen LogP contribution in [0.1, 0.15) is 24.5 Å². The first-order valence-electron chi connectivity index (χ1n) is 5.40. The lowest BCUT2D eigenvalue weighted by Crippen LogP contribution is -2.18. The Hall–Kier alpha value is -0.900. The van der Waals surface area contributed by atoms with Gasteiger partial charge in [-0.15, -0.1) is 24.8 Å². The average Bonchev–Trinajstić information content (AvgIpc) is 2.24. The van der Waals surface area contributed by atoms with Gasteiger partial charge in [0.25, 0.3) is 0 Å². The van der Waals surface area contributed by atoms with Gasteiger partial charge in [-0.05, 0) is 36.5 Å². The Morgan fingerprint density at radius 2 is 2.00 bits per heavy atom. The molecule has 1 aromatic carbocycles. The Balaban J connectivity index is 2.97. The van der Waals surface area contributed by atoms with E-state index in [1.165, 1.54) is 6.07 Å². The first-order valence-corrected chi connectivity index (χ1v) is 5.94. The zero-order chi connectivity index (χ0) is 12.9. The standard InChI is InChI=1S/C12H14ClF3O/c1-2-10-9(6-4-8-13)5-3-7-11(10)17-12(14,15)16/h3,5,7H,2,4,6,8H2,1H3. The van der Waals surface area contributed by atoms with E-state index >= 15 is 0 Å². The van der Waals surface area contributed by atoms with Gasteiger partial charge in [-0.1, -0.05) is 19.1 Å². The zero-order valence-electron chi connectivity index (χ0n) is 9.48. The van der Waals surface area contributed by atoms with Crippen LogP contribution in [0, 0.1) is 0 Å². The molecule has 0 amide bonds. The average molecular weight is 267 g/mol. The van der Waals surface area contributed by atoms with Crippen molar-refractivity contribution in [1.29, 1.82) is 0 Å². The maximum absolute atomic E-state index is 12.2. The van der Waals surface area contributed by atoms with E-state index < -0.39 is 6.36 Å². The fourth-order valence-corrected chi connectivity index (χ4v) is 1.86. The number of hydrogen-bond acceptors (Lipinski definition) is 1. The second-order valence-corrected chi connectivity index (χ2v) is 3.97. The second-order valence-electron chi connectivity index (χ2n) is 3.59. The minimum Gasteiger partial charge on any atom is -0.405 e. The van der Waals surface area contributed by atoms with Crippen LogP contribution in [-0.2, 0) is 12.8 Å². The van der Waals surface area contributed by atoms with Crippen molar-refractivity contribution < 1.29 is 17.9 Å². The molecule has 0 aliphatic heterocycles. The predicted molar refractivity (Wildman–Crippen MR) is 61.5 cm³/mol. The summed E-state index contributed by atoms with van der Waals surface area (Å²) in [5.41, 5.74) is 1.48. The van der Waals surface area contributed by atoms with Crippen LogP contribution in [0.3, 0.4) is 0 Å². The molecular weight excluding hydrogens is 253 g/mol. The largest absolute Gasteiger partial charge is 0.573 e. The van der Waals surface area contributed by atoms with Gasteiger partial charge in [0.1, 0.15) is 5.75 Å². The van der Waals surface area contributed by atoms with Gasteiger partial charge < -0.3 is 4.74 Å².